The molecule has 2 rings (SSSR count). The Morgan fingerprint density at radius 3 is 2.83 bits per heavy atom. The quantitative estimate of drug-likeness (QED) is 0.840. The van der Waals surface area contributed by atoms with E-state index in [1.54, 1.807) is 18.3 Å². The molecule has 0 aromatic carbocycles. The highest BCUT2D eigenvalue weighted by Gasteiger charge is 2.23. The highest BCUT2D eigenvalue weighted by atomic mass is 35.5. The van der Waals surface area contributed by atoms with Crippen molar-refractivity contribution >= 4 is 17.5 Å². The van der Waals surface area contributed by atoms with Gasteiger partial charge in [0.25, 0.3) is 5.91 Å². The molecule has 0 aliphatic carbocycles. The van der Waals surface area contributed by atoms with E-state index in [0.717, 1.165) is 31.8 Å². The molecule has 0 radical (unpaired) electrons. The second-order valence-electron chi connectivity index (χ2n) is 4.88. The lowest BCUT2D eigenvalue weighted by atomic mass is 9.92. The van der Waals surface area contributed by atoms with E-state index in [9.17, 15) is 4.79 Å². The van der Waals surface area contributed by atoms with Crippen LogP contribution in [0.3, 0.4) is 0 Å². The molecule has 0 atom stereocenters. The molecule has 0 saturated carbocycles. The summed E-state index contributed by atoms with van der Waals surface area (Å²) in [4.78, 5) is 18.2. The maximum absolute atomic E-state index is 12.2. The van der Waals surface area contributed by atoms with E-state index in [1.807, 2.05) is 4.90 Å². The number of likely N-dealkylation sites (tertiary alicyclic amines) is 1. The summed E-state index contributed by atoms with van der Waals surface area (Å²) < 4.78 is 0. The summed E-state index contributed by atoms with van der Waals surface area (Å²) in [6.45, 7) is 3.91. The van der Waals surface area contributed by atoms with E-state index in [1.165, 1.54) is 12.8 Å². The summed E-state index contributed by atoms with van der Waals surface area (Å²) in [7, 11) is 0. The second kappa shape index (κ2) is 6.19. The molecule has 1 fully saturated rings. The number of carbonyl (C=O) groups is 1. The van der Waals surface area contributed by atoms with Crippen LogP contribution >= 0.6 is 11.6 Å². The van der Waals surface area contributed by atoms with Crippen LogP contribution in [0.2, 0.25) is 5.02 Å². The Hall–Kier alpha value is -1.09. The van der Waals surface area contributed by atoms with Crippen LogP contribution < -0.4 is 0 Å². The van der Waals surface area contributed by atoms with Crippen LogP contribution in [0.4, 0.5) is 0 Å². The van der Waals surface area contributed by atoms with Gasteiger partial charge in [-0.1, -0.05) is 31.4 Å². The lowest BCUT2D eigenvalue weighted by molar-refractivity contribution is 0.0680. The van der Waals surface area contributed by atoms with Crippen molar-refractivity contribution in [2.24, 2.45) is 5.92 Å². The molecule has 0 unspecified atom stereocenters. The molecule has 1 aliphatic heterocycles. The van der Waals surface area contributed by atoms with Crippen molar-refractivity contribution in [1.29, 1.82) is 0 Å². The van der Waals surface area contributed by atoms with Crippen molar-refractivity contribution in [1.82, 2.24) is 9.88 Å². The van der Waals surface area contributed by atoms with Crippen molar-refractivity contribution in [2.75, 3.05) is 13.1 Å². The SMILES string of the molecule is CCCC1CCN(C(=O)c2cc(Cl)ccn2)CC1. The molecule has 1 saturated heterocycles. The van der Waals surface area contributed by atoms with Crippen LogP contribution in [0.15, 0.2) is 18.3 Å². The van der Waals surface area contributed by atoms with Crippen LogP contribution in [0.5, 0.6) is 0 Å². The number of pyridine rings is 1. The van der Waals surface area contributed by atoms with Gasteiger partial charge in [-0.2, -0.15) is 0 Å². The van der Waals surface area contributed by atoms with Crippen molar-refractivity contribution in [2.45, 2.75) is 32.6 Å². The summed E-state index contributed by atoms with van der Waals surface area (Å²) in [5.41, 5.74) is 0.455. The fraction of sp³-hybridized carbons (Fsp3) is 0.571. The first kappa shape index (κ1) is 13.3. The molecule has 2 heterocycles. The fourth-order valence-electron chi connectivity index (χ4n) is 2.52. The standard InChI is InChI=1S/C14H19ClN2O/c1-2-3-11-5-8-17(9-6-11)14(18)13-10-12(15)4-7-16-13/h4,7,10-11H,2-3,5-6,8-9H2,1H3. The molecule has 1 amide bonds. The van der Waals surface area contributed by atoms with Crippen molar-refractivity contribution in [3.8, 4) is 0 Å². The molecule has 0 N–H and O–H groups in total. The van der Waals surface area contributed by atoms with Gasteiger partial charge in [0.05, 0.1) is 0 Å². The molecule has 1 aromatic rings. The highest BCUT2D eigenvalue weighted by molar-refractivity contribution is 6.30. The van der Waals surface area contributed by atoms with Crippen molar-refractivity contribution < 1.29 is 4.79 Å². The van der Waals surface area contributed by atoms with E-state index < -0.39 is 0 Å². The smallest absolute Gasteiger partial charge is 0.272 e. The third kappa shape index (κ3) is 3.22. The lowest BCUT2D eigenvalue weighted by Gasteiger charge is -2.31. The normalized spacial score (nSPS) is 16.9. The second-order valence-corrected chi connectivity index (χ2v) is 5.32. The number of rotatable bonds is 3. The van der Waals surface area contributed by atoms with Gasteiger partial charge in [-0.15, -0.1) is 0 Å². The molecule has 0 spiro atoms. The Kier molecular flexibility index (Phi) is 4.59. The third-order valence-electron chi connectivity index (χ3n) is 3.54. The first-order chi connectivity index (χ1) is 8.70. The Labute approximate surface area is 113 Å². The predicted octanol–water partition coefficient (Wildman–Crippen LogP) is 3.39. The topological polar surface area (TPSA) is 33.2 Å². The van der Waals surface area contributed by atoms with E-state index in [4.69, 9.17) is 11.6 Å². The summed E-state index contributed by atoms with van der Waals surface area (Å²) in [5.74, 6) is 0.791. The zero-order valence-corrected chi connectivity index (χ0v) is 11.5. The van der Waals surface area contributed by atoms with Gasteiger partial charge in [0, 0.05) is 24.3 Å². The maximum atomic E-state index is 12.2. The minimum atomic E-state index is 0.00690. The van der Waals surface area contributed by atoms with E-state index in [2.05, 4.69) is 11.9 Å². The Morgan fingerprint density at radius 2 is 2.22 bits per heavy atom. The van der Waals surface area contributed by atoms with Crippen molar-refractivity contribution in [3.63, 3.8) is 0 Å². The molecule has 1 aliphatic rings. The number of nitrogens with zero attached hydrogens (tertiary/aromatic N) is 2. The zero-order chi connectivity index (χ0) is 13.0. The third-order valence-corrected chi connectivity index (χ3v) is 3.77. The molecule has 98 valence electrons. The summed E-state index contributed by atoms with van der Waals surface area (Å²) >= 11 is 5.88. The molecule has 3 nitrogen and oxygen atoms in total. The number of halogens is 1. The molecule has 4 heteroatoms. The van der Waals surface area contributed by atoms with Gasteiger partial charge in [-0.05, 0) is 30.9 Å². The fourth-order valence-corrected chi connectivity index (χ4v) is 2.68. The van der Waals surface area contributed by atoms with Gasteiger partial charge in [0.1, 0.15) is 5.69 Å². The number of amides is 1. The summed E-state index contributed by atoms with van der Waals surface area (Å²) in [5, 5.41) is 0.564. The Balaban J connectivity index is 1.95. The lowest BCUT2D eigenvalue weighted by Crippen LogP contribution is -2.38. The minimum Gasteiger partial charge on any atom is -0.337 e. The maximum Gasteiger partial charge on any atom is 0.272 e. The number of aromatic nitrogens is 1. The minimum absolute atomic E-state index is 0.00690. The Morgan fingerprint density at radius 1 is 1.50 bits per heavy atom. The zero-order valence-electron chi connectivity index (χ0n) is 10.7. The van der Waals surface area contributed by atoms with Crippen molar-refractivity contribution in [3.05, 3.63) is 29.0 Å². The van der Waals surface area contributed by atoms with Gasteiger partial charge in [-0.3, -0.25) is 9.78 Å². The van der Waals surface area contributed by atoms with Crippen LogP contribution in [-0.2, 0) is 0 Å². The number of piperidine rings is 1. The Bertz CT molecular complexity index is 414. The largest absolute Gasteiger partial charge is 0.337 e. The summed E-state index contributed by atoms with van der Waals surface area (Å²) in [6.07, 6.45) is 6.31. The predicted molar refractivity (Wildman–Crippen MR) is 72.8 cm³/mol. The first-order valence-corrected chi connectivity index (χ1v) is 6.99. The van der Waals surface area contributed by atoms with Crippen LogP contribution in [0.25, 0.3) is 0 Å². The first-order valence-electron chi connectivity index (χ1n) is 6.61. The van der Waals surface area contributed by atoms with Gasteiger partial charge in [-0.25, -0.2) is 0 Å². The van der Waals surface area contributed by atoms with E-state index >= 15 is 0 Å². The van der Waals surface area contributed by atoms with Gasteiger partial charge < -0.3 is 4.90 Å². The number of carbonyl (C=O) groups excluding carboxylic acids is 1. The van der Waals surface area contributed by atoms with Crippen LogP contribution in [0.1, 0.15) is 43.1 Å². The van der Waals surface area contributed by atoms with Gasteiger partial charge in [0.2, 0.25) is 0 Å². The van der Waals surface area contributed by atoms with Gasteiger partial charge in [0.15, 0.2) is 0 Å². The number of hydrogen-bond acceptors (Lipinski definition) is 2. The average Bonchev–Trinajstić information content (AvgIpc) is 2.39. The number of hydrogen-bond donors (Lipinski definition) is 0. The van der Waals surface area contributed by atoms with E-state index in [-0.39, 0.29) is 5.91 Å². The molecular formula is C14H19ClN2O. The van der Waals surface area contributed by atoms with Crippen LogP contribution in [-0.4, -0.2) is 28.9 Å². The molecule has 1 aromatic heterocycles. The molecule has 0 bridgehead atoms. The van der Waals surface area contributed by atoms with Crippen LogP contribution in [0, 0.1) is 5.92 Å². The van der Waals surface area contributed by atoms with Gasteiger partial charge >= 0.3 is 0 Å². The summed E-state index contributed by atoms with van der Waals surface area (Å²) in [6, 6.07) is 3.33. The molecule has 18 heavy (non-hydrogen) atoms. The highest BCUT2D eigenvalue weighted by Crippen LogP contribution is 2.22. The van der Waals surface area contributed by atoms with E-state index in [0.29, 0.717) is 10.7 Å². The monoisotopic (exact) mass is 266 g/mol. The molecular weight excluding hydrogens is 248 g/mol. The average molecular weight is 267 g/mol.